The molecule has 1 aliphatic heterocycles. The van der Waals surface area contributed by atoms with E-state index in [0.29, 0.717) is 0 Å². The van der Waals surface area contributed by atoms with Gasteiger partial charge in [-0.05, 0) is 56.0 Å². The zero-order valence-corrected chi connectivity index (χ0v) is 11.1. The van der Waals surface area contributed by atoms with Gasteiger partial charge < -0.3 is 4.74 Å². The minimum atomic E-state index is 0.799. The van der Waals surface area contributed by atoms with Gasteiger partial charge in [0, 0.05) is 0 Å². The Morgan fingerprint density at radius 1 is 1.28 bits per heavy atom. The summed E-state index contributed by atoms with van der Waals surface area (Å²) in [6.45, 7) is 3.09. The summed E-state index contributed by atoms with van der Waals surface area (Å²) in [5.74, 6) is 4.46. The van der Waals surface area contributed by atoms with Crippen molar-refractivity contribution in [2.75, 3.05) is 26.7 Å². The smallest absolute Gasteiger partial charge is 0.118 e. The second-order valence-corrected chi connectivity index (χ2v) is 4.98. The SMILES string of the molecule is C#CCN1CCC(Cc2ccc(OC)cc2)CC1. The van der Waals surface area contributed by atoms with Crippen LogP contribution in [0, 0.1) is 18.3 Å². The van der Waals surface area contributed by atoms with Crippen LogP contribution in [0.1, 0.15) is 18.4 Å². The van der Waals surface area contributed by atoms with Gasteiger partial charge in [-0.2, -0.15) is 0 Å². The quantitative estimate of drug-likeness (QED) is 0.754. The highest BCUT2D eigenvalue weighted by Gasteiger charge is 2.18. The molecule has 0 aromatic heterocycles. The lowest BCUT2D eigenvalue weighted by molar-refractivity contribution is 0.203. The molecule has 1 heterocycles. The zero-order valence-electron chi connectivity index (χ0n) is 11.1. The van der Waals surface area contributed by atoms with Gasteiger partial charge in [0.25, 0.3) is 0 Å². The summed E-state index contributed by atoms with van der Waals surface area (Å²) in [5, 5.41) is 0. The summed E-state index contributed by atoms with van der Waals surface area (Å²) in [6, 6.07) is 8.44. The number of nitrogens with zero attached hydrogens (tertiary/aromatic N) is 1. The Bertz CT molecular complexity index is 396. The van der Waals surface area contributed by atoms with Gasteiger partial charge in [-0.15, -0.1) is 6.42 Å². The summed E-state index contributed by atoms with van der Waals surface area (Å²) in [7, 11) is 1.70. The number of hydrogen-bond donors (Lipinski definition) is 0. The first-order valence-corrected chi connectivity index (χ1v) is 6.60. The van der Waals surface area contributed by atoms with Gasteiger partial charge in [0.1, 0.15) is 5.75 Å². The van der Waals surface area contributed by atoms with E-state index in [0.717, 1.165) is 31.3 Å². The largest absolute Gasteiger partial charge is 0.497 e. The third-order valence-corrected chi connectivity index (χ3v) is 3.71. The number of hydrogen-bond acceptors (Lipinski definition) is 2. The Kier molecular flexibility index (Phi) is 4.66. The van der Waals surface area contributed by atoms with Crippen molar-refractivity contribution in [2.45, 2.75) is 19.3 Å². The fourth-order valence-corrected chi connectivity index (χ4v) is 2.57. The number of piperidine rings is 1. The highest BCUT2D eigenvalue weighted by molar-refractivity contribution is 5.27. The molecule has 1 aromatic rings. The van der Waals surface area contributed by atoms with E-state index in [4.69, 9.17) is 11.2 Å². The van der Waals surface area contributed by atoms with Crippen LogP contribution in [0.2, 0.25) is 0 Å². The van der Waals surface area contributed by atoms with Crippen molar-refractivity contribution >= 4 is 0 Å². The van der Waals surface area contributed by atoms with Crippen molar-refractivity contribution in [2.24, 2.45) is 5.92 Å². The van der Waals surface area contributed by atoms with Gasteiger partial charge in [0.05, 0.1) is 13.7 Å². The minimum Gasteiger partial charge on any atom is -0.497 e. The van der Waals surface area contributed by atoms with Gasteiger partial charge in [-0.1, -0.05) is 18.1 Å². The molecule has 0 N–H and O–H groups in total. The number of likely N-dealkylation sites (tertiary alicyclic amines) is 1. The summed E-state index contributed by atoms with van der Waals surface area (Å²) in [6.07, 6.45) is 9.03. The third-order valence-electron chi connectivity index (χ3n) is 3.71. The van der Waals surface area contributed by atoms with Gasteiger partial charge in [-0.3, -0.25) is 4.90 Å². The summed E-state index contributed by atoms with van der Waals surface area (Å²) in [5.41, 5.74) is 1.41. The lowest BCUT2D eigenvalue weighted by Gasteiger charge is -2.30. The fraction of sp³-hybridized carbons (Fsp3) is 0.500. The topological polar surface area (TPSA) is 12.5 Å². The normalized spacial score (nSPS) is 17.3. The van der Waals surface area contributed by atoms with E-state index in [2.05, 4.69) is 23.0 Å². The summed E-state index contributed by atoms with van der Waals surface area (Å²) in [4.78, 5) is 2.37. The van der Waals surface area contributed by atoms with Crippen LogP contribution < -0.4 is 4.74 Å². The molecular weight excluding hydrogens is 222 g/mol. The van der Waals surface area contributed by atoms with E-state index in [-0.39, 0.29) is 0 Å². The van der Waals surface area contributed by atoms with Crippen LogP contribution in [0.3, 0.4) is 0 Å². The van der Waals surface area contributed by atoms with Crippen LogP contribution in [0.4, 0.5) is 0 Å². The molecular formula is C16H21NO. The molecule has 96 valence electrons. The van der Waals surface area contributed by atoms with Crippen LogP contribution in [-0.2, 0) is 6.42 Å². The molecule has 2 rings (SSSR count). The lowest BCUT2D eigenvalue weighted by Crippen LogP contribution is -2.34. The highest BCUT2D eigenvalue weighted by atomic mass is 16.5. The maximum atomic E-state index is 5.34. The Morgan fingerprint density at radius 3 is 2.50 bits per heavy atom. The van der Waals surface area contributed by atoms with Crippen molar-refractivity contribution in [3.05, 3.63) is 29.8 Å². The van der Waals surface area contributed by atoms with Crippen molar-refractivity contribution in [3.63, 3.8) is 0 Å². The molecule has 0 bridgehead atoms. The van der Waals surface area contributed by atoms with Crippen molar-refractivity contribution in [3.8, 4) is 18.1 Å². The summed E-state index contributed by atoms with van der Waals surface area (Å²) >= 11 is 0. The number of terminal acetylenes is 1. The molecule has 0 amide bonds. The Hall–Kier alpha value is -1.46. The van der Waals surface area contributed by atoms with Gasteiger partial charge in [-0.25, -0.2) is 0 Å². The predicted octanol–water partition coefficient (Wildman–Crippen LogP) is 2.58. The van der Waals surface area contributed by atoms with E-state index in [1.165, 1.54) is 24.8 Å². The van der Waals surface area contributed by atoms with Crippen molar-refractivity contribution < 1.29 is 4.74 Å². The molecule has 2 heteroatoms. The number of ether oxygens (including phenoxy) is 1. The monoisotopic (exact) mass is 243 g/mol. The second-order valence-electron chi connectivity index (χ2n) is 4.98. The van der Waals surface area contributed by atoms with Crippen molar-refractivity contribution in [1.29, 1.82) is 0 Å². The molecule has 0 saturated carbocycles. The lowest BCUT2D eigenvalue weighted by atomic mass is 9.90. The number of rotatable bonds is 4. The average Bonchev–Trinajstić information content (AvgIpc) is 2.42. The minimum absolute atomic E-state index is 0.799. The zero-order chi connectivity index (χ0) is 12.8. The van der Waals surface area contributed by atoms with Crippen LogP contribution in [0.25, 0.3) is 0 Å². The molecule has 1 fully saturated rings. The molecule has 1 aliphatic rings. The van der Waals surface area contributed by atoms with Crippen LogP contribution >= 0.6 is 0 Å². The second kappa shape index (κ2) is 6.47. The number of benzene rings is 1. The molecule has 18 heavy (non-hydrogen) atoms. The predicted molar refractivity (Wildman–Crippen MR) is 74.7 cm³/mol. The Labute approximate surface area is 110 Å². The van der Waals surface area contributed by atoms with E-state index >= 15 is 0 Å². The molecule has 0 spiro atoms. The van der Waals surface area contributed by atoms with Gasteiger partial charge in [0.15, 0.2) is 0 Å². The molecule has 1 aromatic carbocycles. The molecule has 0 atom stereocenters. The van der Waals surface area contributed by atoms with E-state index < -0.39 is 0 Å². The Balaban J connectivity index is 1.82. The van der Waals surface area contributed by atoms with Gasteiger partial charge in [0.2, 0.25) is 0 Å². The fourth-order valence-electron chi connectivity index (χ4n) is 2.57. The average molecular weight is 243 g/mol. The first kappa shape index (κ1) is 13.0. The number of methoxy groups -OCH3 is 1. The molecule has 1 saturated heterocycles. The molecule has 0 unspecified atom stereocenters. The Morgan fingerprint density at radius 2 is 1.94 bits per heavy atom. The first-order chi connectivity index (χ1) is 8.81. The van der Waals surface area contributed by atoms with Gasteiger partial charge >= 0.3 is 0 Å². The highest BCUT2D eigenvalue weighted by Crippen LogP contribution is 2.22. The van der Waals surface area contributed by atoms with Crippen LogP contribution in [-0.4, -0.2) is 31.6 Å². The van der Waals surface area contributed by atoms with Crippen LogP contribution in [0.5, 0.6) is 5.75 Å². The van der Waals surface area contributed by atoms with E-state index in [9.17, 15) is 0 Å². The molecule has 0 aliphatic carbocycles. The first-order valence-electron chi connectivity index (χ1n) is 6.60. The van der Waals surface area contributed by atoms with E-state index in [1.807, 2.05) is 12.1 Å². The van der Waals surface area contributed by atoms with E-state index in [1.54, 1.807) is 7.11 Å². The summed E-state index contributed by atoms with van der Waals surface area (Å²) < 4.78 is 5.17. The maximum absolute atomic E-state index is 5.34. The third kappa shape index (κ3) is 3.51. The van der Waals surface area contributed by atoms with Crippen LogP contribution in [0.15, 0.2) is 24.3 Å². The molecule has 0 radical (unpaired) electrons. The maximum Gasteiger partial charge on any atom is 0.118 e. The molecule has 2 nitrogen and oxygen atoms in total. The van der Waals surface area contributed by atoms with Crippen molar-refractivity contribution in [1.82, 2.24) is 4.90 Å². The standard InChI is InChI=1S/C16H21NO/c1-3-10-17-11-8-15(9-12-17)13-14-4-6-16(18-2)7-5-14/h1,4-7,15H,8-13H2,2H3.